The summed E-state index contributed by atoms with van der Waals surface area (Å²) < 4.78 is 54.0. The Balaban J connectivity index is 1.73. The van der Waals surface area contributed by atoms with Crippen LogP contribution in [0.15, 0.2) is 42.5 Å². The Morgan fingerprint density at radius 3 is 2.24 bits per heavy atom. The number of unbranched alkanes of at least 4 members (excludes halogenated alkanes) is 1. The number of carbonyl (C=O) groups is 1. The monoisotopic (exact) mass is 408 g/mol. The van der Waals surface area contributed by atoms with Crippen molar-refractivity contribution in [3.8, 4) is 0 Å². The molecule has 1 amide bonds. The van der Waals surface area contributed by atoms with Crippen molar-refractivity contribution in [2.45, 2.75) is 32.4 Å². The number of halogens is 4. The SMILES string of the molecule is CCCCc1ccc(N2CCN(C(=O)c3ccc(F)cc3)CC2)c(C(F)(F)F)c1. The van der Waals surface area contributed by atoms with Gasteiger partial charge >= 0.3 is 6.18 Å². The van der Waals surface area contributed by atoms with Crippen molar-refractivity contribution < 1.29 is 22.4 Å². The number of carbonyl (C=O) groups excluding carboxylic acids is 1. The molecule has 2 aromatic rings. The Hall–Kier alpha value is -2.57. The minimum atomic E-state index is -4.43. The van der Waals surface area contributed by atoms with E-state index < -0.39 is 17.6 Å². The largest absolute Gasteiger partial charge is 0.418 e. The van der Waals surface area contributed by atoms with Crippen molar-refractivity contribution in [2.75, 3.05) is 31.1 Å². The van der Waals surface area contributed by atoms with E-state index in [4.69, 9.17) is 0 Å². The van der Waals surface area contributed by atoms with Crippen LogP contribution in [0.1, 0.15) is 41.3 Å². The van der Waals surface area contributed by atoms with Gasteiger partial charge in [-0.05, 0) is 54.8 Å². The van der Waals surface area contributed by atoms with E-state index in [9.17, 15) is 22.4 Å². The van der Waals surface area contributed by atoms with Gasteiger partial charge in [0.25, 0.3) is 5.91 Å². The molecule has 2 aromatic carbocycles. The standard InChI is InChI=1S/C22H24F4N2O/c1-2-3-4-16-5-10-20(19(15-16)22(24,25)26)27-11-13-28(14-12-27)21(29)17-6-8-18(23)9-7-17/h5-10,15H,2-4,11-14H2,1H3. The maximum atomic E-state index is 13.6. The minimum absolute atomic E-state index is 0.159. The first-order valence-corrected chi connectivity index (χ1v) is 9.79. The molecule has 0 N–H and O–H groups in total. The number of aryl methyl sites for hydroxylation is 1. The summed E-state index contributed by atoms with van der Waals surface area (Å²) in [5, 5.41) is 0. The Morgan fingerprint density at radius 1 is 1.00 bits per heavy atom. The summed E-state index contributed by atoms with van der Waals surface area (Å²) in [4.78, 5) is 15.8. The Labute approximate surface area is 167 Å². The zero-order valence-corrected chi connectivity index (χ0v) is 16.3. The van der Waals surface area contributed by atoms with E-state index in [2.05, 4.69) is 0 Å². The summed E-state index contributed by atoms with van der Waals surface area (Å²) in [6.45, 7) is 3.25. The fourth-order valence-corrected chi connectivity index (χ4v) is 3.55. The molecule has 1 heterocycles. The van der Waals surface area contributed by atoms with Crippen LogP contribution in [0.2, 0.25) is 0 Å². The Kier molecular flexibility index (Phi) is 6.45. The van der Waals surface area contributed by atoms with Crippen molar-refractivity contribution in [1.29, 1.82) is 0 Å². The molecule has 0 atom stereocenters. The topological polar surface area (TPSA) is 23.6 Å². The highest BCUT2D eigenvalue weighted by molar-refractivity contribution is 5.94. The summed E-state index contributed by atoms with van der Waals surface area (Å²) in [7, 11) is 0. The quantitative estimate of drug-likeness (QED) is 0.639. The van der Waals surface area contributed by atoms with Gasteiger partial charge in [-0.25, -0.2) is 4.39 Å². The minimum Gasteiger partial charge on any atom is -0.367 e. The van der Waals surface area contributed by atoms with Crippen LogP contribution in [-0.4, -0.2) is 37.0 Å². The molecule has 0 spiro atoms. The van der Waals surface area contributed by atoms with Crippen LogP contribution in [0, 0.1) is 5.82 Å². The van der Waals surface area contributed by atoms with Crippen molar-refractivity contribution in [3.63, 3.8) is 0 Å². The zero-order chi connectivity index (χ0) is 21.0. The second-order valence-electron chi connectivity index (χ2n) is 7.24. The molecule has 0 unspecified atom stereocenters. The maximum Gasteiger partial charge on any atom is 0.418 e. The first-order chi connectivity index (χ1) is 13.8. The maximum absolute atomic E-state index is 13.6. The van der Waals surface area contributed by atoms with Gasteiger partial charge in [-0.15, -0.1) is 0 Å². The number of hydrogen-bond acceptors (Lipinski definition) is 2. The lowest BCUT2D eigenvalue weighted by Gasteiger charge is -2.37. The van der Waals surface area contributed by atoms with Crippen LogP contribution < -0.4 is 4.90 Å². The number of amides is 1. The molecule has 3 rings (SSSR count). The number of benzene rings is 2. The molecule has 0 aliphatic carbocycles. The van der Waals surface area contributed by atoms with E-state index in [1.165, 1.54) is 30.3 Å². The predicted molar refractivity (Wildman–Crippen MR) is 105 cm³/mol. The third-order valence-corrected chi connectivity index (χ3v) is 5.18. The van der Waals surface area contributed by atoms with Gasteiger partial charge < -0.3 is 9.80 Å². The van der Waals surface area contributed by atoms with Crippen LogP contribution in [-0.2, 0) is 12.6 Å². The van der Waals surface area contributed by atoms with E-state index in [0.717, 1.165) is 12.8 Å². The highest BCUT2D eigenvalue weighted by Crippen LogP contribution is 2.38. The molecule has 29 heavy (non-hydrogen) atoms. The molecule has 7 heteroatoms. The first kappa shape index (κ1) is 21.1. The highest BCUT2D eigenvalue weighted by Gasteiger charge is 2.36. The fourth-order valence-electron chi connectivity index (χ4n) is 3.55. The summed E-state index contributed by atoms with van der Waals surface area (Å²) in [5.41, 5.74) is 0.597. The third kappa shape index (κ3) is 5.08. The number of piperazine rings is 1. The van der Waals surface area contributed by atoms with Crippen molar-refractivity contribution in [2.24, 2.45) is 0 Å². The molecule has 1 fully saturated rings. The summed E-state index contributed by atoms with van der Waals surface area (Å²) >= 11 is 0. The van der Waals surface area contributed by atoms with Crippen molar-refractivity contribution in [1.82, 2.24) is 4.90 Å². The normalized spacial score (nSPS) is 14.9. The van der Waals surface area contributed by atoms with Crippen molar-refractivity contribution >= 4 is 11.6 Å². The van der Waals surface area contributed by atoms with E-state index in [1.54, 1.807) is 21.9 Å². The Bertz CT molecular complexity index is 841. The summed E-state index contributed by atoms with van der Waals surface area (Å²) in [5.74, 6) is -0.663. The van der Waals surface area contributed by atoms with E-state index in [0.29, 0.717) is 43.7 Å². The second-order valence-corrected chi connectivity index (χ2v) is 7.24. The summed E-state index contributed by atoms with van der Waals surface area (Å²) in [6.07, 6.45) is -2.04. The summed E-state index contributed by atoms with van der Waals surface area (Å²) in [6, 6.07) is 9.84. The van der Waals surface area contributed by atoms with Gasteiger partial charge in [0.15, 0.2) is 0 Å². The number of alkyl halides is 3. The van der Waals surface area contributed by atoms with Crippen molar-refractivity contribution in [3.05, 3.63) is 65.0 Å². The van der Waals surface area contributed by atoms with Gasteiger partial charge in [0.2, 0.25) is 0 Å². The molecule has 156 valence electrons. The number of hydrogen-bond donors (Lipinski definition) is 0. The van der Waals surface area contributed by atoms with Crippen LogP contribution >= 0.6 is 0 Å². The van der Waals surface area contributed by atoms with E-state index >= 15 is 0 Å². The first-order valence-electron chi connectivity index (χ1n) is 9.79. The number of anilines is 1. The van der Waals surface area contributed by atoms with Gasteiger partial charge in [0, 0.05) is 37.4 Å². The van der Waals surface area contributed by atoms with Gasteiger partial charge in [-0.3, -0.25) is 4.79 Å². The molecule has 0 aromatic heterocycles. The van der Waals surface area contributed by atoms with Gasteiger partial charge in [-0.1, -0.05) is 19.4 Å². The van der Waals surface area contributed by atoms with Gasteiger partial charge in [-0.2, -0.15) is 13.2 Å². The lowest BCUT2D eigenvalue weighted by atomic mass is 10.0. The molecule has 0 saturated carbocycles. The highest BCUT2D eigenvalue weighted by atomic mass is 19.4. The predicted octanol–water partition coefficient (Wildman–Crippen LogP) is 5.15. The molecular formula is C22H24F4N2O. The average Bonchev–Trinajstić information content (AvgIpc) is 2.71. The second kappa shape index (κ2) is 8.84. The molecular weight excluding hydrogens is 384 g/mol. The van der Waals surface area contributed by atoms with E-state index in [1.807, 2.05) is 6.92 Å². The molecule has 1 aliphatic heterocycles. The lowest BCUT2D eigenvalue weighted by Crippen LogP contribution is -2.49. The molecule has 3 nitrogen and oxygen atoms in total. The molecule has 1 aliphatic rings. The smallest absolute Gasteiger partial charge is 0.367 e. The molecule has 1 saturated heterocycles. The zero-order valence-electron chi connectivity index (χ0n) is 16.3. The third-order valence-electron chi connectivity index (χ3n) is 5.18. The van der Waals surface area contributed by atoms with Crippen LogP contribution in [0.25, 0.3) is 0 Å². The van der Waals surface area contributed by atoms with Gasteiger partial charge in [0.1, 0.15) is 5.82 Å². The van der Waals surface area contributed by atoms with Crippen LogP contribution in [0.5, 0.6) is 0 Å². The average molecular weight is 408 g/mol. The van der Waals surface area contributed by atoms with Crippen LogP contribution in [0.4, 0.5) is 23.2 Å². The van der Waals surface area contributed by atoms with Gasteiger partial charge in [0.05, 0.1) is 5.56 Å². The lowest BCUT2D eigenvalue weighted by molar-refractivity contribution is -0.137. The number of rotatable bonds is 5. The molecule has 0 bridgehead atoms. The Morgan fingerprint density at radius 2 is 1.66 bits per heavy atom. The number of nitrogens with zero attached hydrogens (tertiary/aromatic N) is 2. The fraction of sp³-hybridized carbons (Fsp3) is 0.409. The van der Waals surface area contributed by atoms with Crippen LogP contribution in [0.3, 0.4) is 0 Å². The molecule has 0 radical (unpaired) electrons. The van der Waals surface area contributed by atoms with E-state index in [-0.39, 0.29) is 11.6 Å².